The minimum atomic E-state index is -0.276. The van der Waals surface area contributed by atoms with Crippen LogP contribution in [0.3, 0.4) is 0 Å². The van der Waals surface area contributed by atoms with Crippen LogP contribution in [0.1, 0.15) is 26.2 Å². The van der Waals surface area contributed by atoms with Gasteiger partial charge in [-0.25, -0.2) is 0 Å². The summed E-state index contributed by atoms with van der Waals surface area (Å²) in [7, 11) is 1.67. The Labute approximate surface area is 130 Å². The van der Waals surface area contributed by atoms with Crippen molar-refractivity contribution in [2.24, 2.45) is 0 Å². The van der Waals surface area contributed by atoms with Crippen molar-refractivity contribution in [2.45, 2.75) is 38.5 Å². The molecular weight excluding hydrogens is 297 g/mol. The summed E-state index contributed by atoms with van der Waals surface area (Å²) in [6.45, 7) is 4.43. The van der Waals surface area contributed by atoms with E-state index in [4.69, 9.17) is 32.7 Å². The zero-order valence-corrected chi connectivity index (χ0v) is 13.5. The minimum Gasteiger partial charge on any atom is -0.465 e. The Morgan fingerprint density at radius 1 is 1.30 bits per heavy atom. The SMILES string of the molecule is CCN1CCCC1CC(OC)Oc1cc(Cl)cc(Cl)c1. The molecule has 0 saturated carbocycles. The van der Waals surface area contributed by atoms with Gasteiger partial charge in [0, 0.05) is 29.6 Å². The fourth-order valence-corrected chi connectivity index (χ4v) is 3.25. The first-order chi connectivity index (χ1) is 9.62. The fourth-order valence-electron chi connectivity index (χ4n) is 2.74. The predicted octanol–water partition coefficient (Wildman–Crippen LogP) is 4.22. The first-order valence-electron chi connectivity index (χ1n) is 7.02. The summed E-state index contributed by atoms with van der Waals surface area (Å²) in [5.74, 6) is 0.649. The van der Waals surface area contributed by atoms with E-state index in [9.17, 15) is 0 Å². The van der Waals surface area contributed by atoms with E-state index in [-0.39, 0.29) is 6.29 Å². The van der Waals surface area contributed by atoms with E-state index < -0.39 is 0 Å². The second kappa shape index (κ2) is 7.51. The van der Waals surface area contributed by atoms with Crippen molar-refractivity contribution in [1.82, 2.24) is 4.90 Å². The predicted molar refractivity (Wildman–Crippen MR) is 82.8 cm³/mol. The second-order valence-corrected chi connectivity index (χ2v) is 5.92. The maximum absolute atomic E-state index is 5.98. The summed E-state index contributed by atoms with van der Waals surface area (Å²) in [4.78, 5) is 2.47. The van der Waals surface area contributed by atoms with Gasteiger partial charge in [0.2, 0.25) is 6.29 Å². The van der Waals surface area contributed by atoms with Gasteiger partial charge in [-0.05, 0) is 44.1 Å². The molecule has 1 aromatic rings. The quantitative estimate of drug-likeness (QED) is 0.733. The molecule has 5 heteroatoms. The topological polar surface area (TPSA) is 21.7 Å². The van der Waals surface area contributed by atoms with Gasteiger partial charge in [-0.15, -0.1) is 0 Å². The van der Waals surface area contributed by atoms with Crippen LogP contribution in [-0.2, 0) is 4.74 Å². The molecule has 1 aliphatic rings. The summed E-state index contributed by atoms with van der Waals surface area (Å²) in [5.41, 5.74) is 0. The Hall–Kier alpha value is -0.480. The van der Waals surface area contributed by atoms with Crippen LogP contribution >= 0.6 is 23.2 Å². The fraction of sp³-hybridized carbons (Fsp3) is 0.600. The van der Waals surface area contributed by atoms with Gasteiger partial charge >= 0.3 is 0 Å². The number of halogens is 2. The first kappa shape index (κ1) is 15.9. The van der Waals surface area contributed by atoms with E-state index in [1.807, 2.05) is 0 Å². The van der Waals surface area contributed by atoms with Gasteiger partial charge in [0.25, 0.3) is 0 Å². The van der Waals surface area contributed by atoms with Crippen LogP contribution < -0.4 is 4.74 Å². The lowest BCUT2D eigenvalue weighted by Gasteiger charge is -2.27. The van der Waals surface area contributed by atoms with Crippen molar-refractivity contribution in [3.8, 4) is 5.75 Å². The summed E-state index contributed by atoms with van der Waals surface area (Å²) >= 11 is 12.0. The van der Waals surface area contributed by atoms with Gasteiger partial charge in [-0.3, -0.25) is 0 Å². The monoisotopic (exact) mass is 317 g/mol. The van der Waals surface area contributed by atoms with Crippen molar-refractivity contribution >= 4 is 23.2 Å². The number of hydrogen-bond donors (Lipinski definition) is 0. The number of rotatable bonds is 6. The molecule has 1 aliphatic heterocycles. The summed E-state index contributed by atoms with van der Waals surface area (Å²) < 4.78 is 11.3. The number of hydrogen-bond acceptors (Lipinski definition) is 3. The maximum Gasteiger partial charge on any atom is 0.201 e. The van der Waals surface area contributed by atoms with E-state index >= 15 is 0 Å². The number of methoxy groups -OCH3 is 1. The zero-order valence-electron chi connectivity index (χ0n) is 11.9. The Morgan fingerprint density at radius 2 is 2.00 bits per heavy atom. The third kappa shape index (κ3) is 4.26. The molecule has 1 saturated heterocycles. The van der Waals surface area contributed by atoms with Crippen LogP contribution in [0.2, 0.25) is 10.0 Å². The van der Waals surface area contributed by atoms with Crippen LogP contribution in [0, 0.1) is 0 Å². The minimum absolute atomic E-state index is 0.276. The van der Waals surface area contributed by atoms with Gasteiger partial charge in [-0.1, -0.05) is 30.1 Å². The highest BCUT2D eigenvalue weighted by Gasteiger charge is 2.26. The van der Waals surface area contributed by atoms with Crippen molar-refractivity contribution < 1.29 is 9.47 Å². The molecule has 0 spiro atoms. The Kier molecular flexibility index (Phi) is 5.97. The van der Waals surface area contributed by atoms with Crippen LogP contribution in [0.5, 0.6) is 5.75 Å². The molecule has 2 atom stereocenters. The van der Waals surface area contributed by atoms with Crippen molar-refractivity contribution in [3.63, 3.8) is 0 Å². The number of nitrogens with zero attached hydrogens (tertiary/aromatic N) is 1. The molecule has 1 aromatic carbocycles. The molecule has 2 rings (SSSR count). The van der Waals surface area contributed by atoms with E-state index in [0.717, 1.165) is 13.0 Å². The van der Waals surface area contributed by atoms with Crippen LogP contribution in [0.4, 0.5) is 0 Å². The van der Waals surface area contributed by atoms with Gasteiger partial charge in [0.05, 0.1) is 0 Å². The summed E-state index contributed by atoms with van der Waals surface area (Å²) in [5, 5.41) is 1.14. The molecule has 0 amide bonds. The molecule has 2 unspecified atom stereocenters. The van der Waals surface area contributed by atoms with Gasteiger partial charge in [-0.2, -0.15) is 0 Å². The third-order valence-electron chi connectivity index (χ3n) is 3.74. The van der Waals surface area contributed by atoms with Crippen molar-refractivity contribution in [1.29, 1.82) is 0 Å². The standard InChI is InChI=1S/C15H21Cl2NO2/c1-3-18-6-4-5-13(18)10-15(19-2)20-14-8-11(16)7-12(17)9-14/h7-9,13,15H,3-6,10H2,1-2H3. The second-order valence-electron chi connectivity index (χ2n) is 5.05. The molecule has 0 aromatic heterocycles. The molecule has 0 N–H and O–H groups in total. The Bertz CT molecular complexity index is 422. The molecular formula is C15H21Cl2NO2. The molecule has 1 fully saturated rings. The highest BCUT2D eigenvalue weighted by Crippen LogP contribution is 2.27. The molecule has 1 heterocycles. The lowest BCUT2D eigenvalue weighted by Crippen LogP contribution is -2.34. The first-order valence-corrected chi connectivity index (χ1v) is 7.77. The van der Waals surface area contributed by atoms with Crippen LogP contribution in [0.25, 0.3) is 0 Å². The molecule has 0 bridgehead atoms. The highest BCUT2D eigenvalue weighted by molar-refractivity contribution is 6.34. The van der Waals surface area contributed by atoms with Crippen LogP contribution in [-0.4, -0.2) is 37.4 Å². The number of likely N-dealkylation sites (tertiary alicyclic amines) is 1. The maximum atomic E-state index is 5.98. The molecule has 3 nitrogen and oxygen atoms in total. The van der Waals surface area contributed by atoms with Gasteiger partial charge < -0.3 is 14.4 Å². The largest absolute Gasteiger partial charge is 0.465 e. The van der Waals surface area contributed by atoms with E-state index in [2.05, 4.69) is 11.8 Å². The van der Waals surface area contributed by atoms with Gasteiger partial charge in [0.15, 0.2) is 0 Å². The average molecular weight is 318 g/mol. The molecule has 20 heavy (non-hydrogen) atoms. The molecule has 0 aliphatic carbocycles. The van der Waals surface area contributed by atoms with Crippen LogP contribution in [0.15, 0.2) is 18.2 Å². The Balaban J connectivity index is 1.98. The van der Waals surface area contributed by atoms with Crippen molar-refractivity contribution in [2.75, 3.05) is 20.2 Å². The normalized spacial score (nSPS) is 21.1. The molecule has 112 valence electrons. The third-order valence-corrected chi connectivity index (χ3v) is 4.17. The highest BCUT2D eigenvalue weighted by atomic mass is 35.5. The number of benzene rings is 1. The zero-order chi connectivity index (χ0) is 14.5. The summed E-state index contributed by atoms with van der Waals surface area (Å²) in [6.07, 6.45) is 3.03. The van der Waals surface area contributed by atoms with E-state index in [1.165, 1.54) is 19.4 Å². The van der Waals surface area contributed by atoms with Gasteiger partial charge in [0.1, 0.15) is 5.75 Å². The van der Waals surface area contributed by atoms with E-state index in [0.29, 0.717) is 21.8 Å². The smallest absolute Gasteiger partial charge is 0.201 e. The molecule has 0 radical (unpaired) electrons. The average Bonchev–Trinajstić information content (AvgIpc) is 2.84. The lowest BCUT2D eigenvalue weighted by molar-refractivity contribution is -0.0695. The van der Waals surface area contributed by atoms with E-state index in [1.54, 1.807) is 25.3 Å². The Morgan fingerprint density at radius 3 is 2.60 bits per heavy atom. The van der Waals surface area contributed by atoms with Crippen molar-refractivity contribution in [3.05, 3.63) is 28.2 Å². The lowest BCUT2D eigenvalue weighted by atomic mass is 10.1. The number of ether oxygens (including phenoxy) is 2. The summed E-state index contributed by atoms with van der Waals surface area (Å²) in [6, 6.07) is 5.73.